The summed E-state index contributed by atoms with van der Waals surface area (Å²) in [6, 6.07) is 4.17. The van der Waals surface area contributed by atoms with Crippen molar-refractivity contribution in [2.75, 3.05) is 16.8 Å². The molecule has 1 aromatic carbocycles. The molecule has 4 nitrogen and oxygen atoms in total. The summed E-state index contributed by atoms with van der Waals surface area (Å²) < 4.78 is 0. The van der Waals surface area contributed by atoms with Gasteiger partial charge in [0, 0.05) is 25.1 Å². The van der Waals surface area contributed by atoms with Crippen LogP contribution in [0, 0.1) is 5.92 Å². The van der Waals surface area contributed by atoms with E-state index in [9.17, 15) is 9.59 Å². The lowest BCUT2D eigenvalue weighted by atomic mass is 9.87. The number of anilines is 2. The van der Waals surface area contributed by atoms with Crippen molar-refractivity contribution in [3.8, 4) is 0 Å². The molecule has 2 heterocycles. The van der Waals surface area contributed by atoms with Crippen LogP contribution in [0.3, 0.4) is 0 Å². The Balaban J connectivity index is 1.50. The summed E-state index contributed by atoms with van der Waals surface area (Å²) >= 11 is 0. The van der Waals surface area contributed by atoms with E-state index < -0.39 is 0 Å². The first-order valence-corrected chi connectivity index (χ1v) is 9.47. The quantitative estimate of drug-likeness (QED) is 0.918. The second-order valence-corrected chi connectivity index (χ2v) is 7.55. The molecule has 0 unspecified atom stereocenters. The fourth-order valence-electron chi connectivity index (χ4n) is 4.59. The number of amides is 2. The van der Waals surface area contributed by atoms with Crippen molar-refractivity contribution in [3.05, 3.63) is 23.3 Å². The highest BCUT2D eigenvalue weighted by Gasteiger charge is 2.29. The molecule has 2 amide bonds. The van der Waals surface area contributed by atoms with E-state index in [1.54, 1.807) is 0 Å². The minimum absolute atomic E-state index is 0.147. The van der Waals surface area contributed by atoms with Crippen LogP contribution in [0.5, 0.6) is 0 Å². The molecule has 4 rings (SSSR count). The average Bonchev–Trinajstić information content (AvgIpc) is 2.59. The highest BCUT2D eigenvalue weighted by Crippen LogP contribution is 2.38. The maximum Gasteiger partial charge on any atom is 0.227 e. The van der Waals surface area contributed by atoms with Gasteiger partial charge in [-0.3, -0.25) is 9.59 Å². The van der Waals surface area contributed by atoms with E-state index in [0.717, 1.165) is 37.2 Å². The van der Waals surface area contributed by atoms with Crippen molar-refractivity contribution in [2.45, 2.75) is 64.2 Å². The van der Waals surface area contributed by atoms with Gasteiger partial charge in [-0.2, -0.15) is 0 Å². The van der Waals surface area contributed by atoms with E-state index >= 15 is 0 Å². The van der Waals surface area contributed by atoms with Crippen LogP contribution in [0.15, 0.2) is 12.1 Å². The van der Waals surface area contributed by atoms with E-state index in [1.807, 2.05) is 4.90 Å². The Morgan fingerprint density at radius 3 is 2.58 bits per heavy atom. The van der Waals surface area contributed by atoms with Crippen molar-refractivity contribution in [3.63, 3.8) is 0 Å². The predicted octanol–water partition coefficient (Wildman–Crippen LogP) is 3.82. The van der Waals surface area contributed by atoms with Crippen LogP contribution >= 0.6 is 0 Å². The molecule has 1 N–H and O–H groups in total. The van der Waals surface area contributed by atoms with Gasteiger partial charge in [-0.25, -0.2) is 0 Å². The van der Waals surface area contributed by atoms with Crippen LogP contribution < -0.4 is 10.2 Å². The lowest BCUT2D eigenvalue weighted by Crippen LogP contribution is -2.39. The van der Waals surface area contributed by atoms with Gasteiger partial charge in [-0.15, -0.1) is 0 Å². The lowest BCUT2D eigenvalue weighted by molar-refractivity contribution is -0.119. The highest BCUT2D eigenvalue weighted by molar-refractivity contribution is 5.99. The summed E-state index contributed by atoms with van der Waals surface area (Å²) in [4.78, 5) is 26.5. The van der Waals surface area contributed by atoms with E-state index in [0.29, 0.717) is 18.8 Å². The molecule has 1 saturated carbocycles. The van der Waals surface area contributed by atoms with Gasteiger partial charge < -0.3 is 10.2 Å². The lowest BCUT2D eigenvalue weighted by Gasteiger charge is -2.35. The van der Waals surface area contributed by atoms with Crippen molar-refractivity contribution in [1.82, 2.24) is 0 Å². The first kappa shape index (κ1) is 15.7. The second-order valence-electron chi connectivity index (χ2n) is 7.55. The molecule has 0 bridgehead atoms. The van der Waals surface area contributed by atoms with E-state index in [4.69, 9.17) is 0 Å². The van der Waals surface area contributed by atoms with Crippen LogP contribution in [0.1, 0.15) is 62.5 Å². The van der Waals surface area contributed by atoms with Gasteiger partial charge in [0.05, 0.1) is 5.69 Å². The summed E-state index contributed by atoms with van der Waals surface area (Å²) in [7, 11) is 0. The maximum atomic E-state index is 12.4. The molecule has 0 saturated heterocycles. The van der Waals surface area contributed by atoms with E-state index in [1.165, 1.54) is 43.2 Å². The fourth-order valence-corrected chi connectivity index (χ4v) is 4.59. The zero-order valence-corrected chi connectivity index (χ0v) is 14.3. The van der Waals surface area contributed by atoms with Gasteiger partial charge in [0.2, 0.25) is 11.8 Å². The average molecular weight is 326 g/mol. The predicted molar refractivity (Wildman–Crippen MR) is 95.3 cm³/mol. The third kappa shape index (κ3) is 3.06. The molecule has 1 aromatic rings. The Hall–Kier alpha value is -1.84. The Morgan fingerprint density at radius 2 is 1.79 bits per heavy atom. The second kappa shape index (κ2) is 6.58. The van der Waals surface area contributed by atoms with Crippen molar-refractivity contribution < 1.29 is 9.59 Å². The number of rotatable bonds is 3. The van der Waals surface area contributed by atoms with Crippen LogP contribution in [-0.2, 0) is 22.4 Å². The minimum Gasteiger partial charge on any atom is -0.326 e. The molecule has 1 fully saturated rings. The molecule has 0 atom stereocenters. The first-order valence-electron chi connectivity index (χ1n) is 9.47. The highest BCUT2D eigenvalue weighted by atomic mass is 16.2. The van der Waals surface area contributed by atoms with Gasteiger partial charge in [-0.1, -0.05) is 19.3 Å². The molecule has 0 spiro atoms. The van der Waals surface area contributed by atoms with Gasteiger partial charge in [-0.05, 0) is 61.3 Å². The molecule has 2 aliphatic heterocycles. The minimum atomic E-state index is 0.147. The molecule has 4 heteroatoms. The van der Waals surface area contributed by atoms with Crippen molar-refractivity contribution >= 4 is 23.2 Å². The topological polar surface area (TPSA) is 49.4 Å². The Bertz CT molecular complexity index is 645. The maximum absolute atomic E-state index is 12.4. The number of hydrogen-bond donors (Lipinski definition) is 1. The normalized spacial score (nSPS) is 20.7. The Labute approximate surface area is 143 Å². The monoisotopic (exact) mass is 326 g/mol. The molecule has 1 aliphatic carbocycles. The largest absolute Gasteiger partial charge is 0.326 e. The summed E-state index contributed by atoms with van der Waals surface area (Å²) in [6.45, 7) is 0.840. The number of benzene rings is 1. The molecule has 24 heavy (non-hydrogen) atoms. The molecule has 128 valence electrons. The molecule has 3 aliphatic rings. The van der Waals surface area contributed by atoms with Gasteiger partial charge in [0.25, 0.3) is 0 Å². The number of carbonyl (C=O) groups excluding carboxylic acids is 2. The molecular weight excluding hydrogens is 300 g/mol. The van der Waals surface area contributed by atoms with Gasteiger partial charge >= 0.3 is 0 Å². The van der Waals surface area contributed by atoms with Gasteiger partial charge in [0.15, 0.2) is 0 Å². The van der Waals surface area contributed by atoms with Crippen molar-refractivity contribution in [1.29, 1.82) is 0 Å². The number of nitrogens with zero attached hydrogens (tertiary/aromatic N) is 1. The van der Waals surface area contributed by atoms with Crippen LogP contribution in [0.25, 0.3) is 0 Å². The third-order valence-corrected chi connectivity index (χ3v) is 5.76. The smallest absolute Gasteiger partial charge is 0.227 e. The van der Waals surface area contributed by atoms with E-state index in [-0.39, 0.29) is 11.8 Å². The molecule has 0 aromatic heterocycles. The number of nitrogens with one attached hydrogen (secondary N) is 1. The van der Waals surface area contributed by atoms with Crippen LogP contribution in [0.2, 0.25) is 0 Å². The standard InChI is InChI=1S/C20H26N2O2/c23-18(11-14-5-2-1-3-6-14)21-17-12-15-7-4-10-22-19(24)9-8-16(13-17)20(15)22/h12-14H,1-11H2,(H,21,23). The van der Waals surface area contributed by atoms with Crippen LogP contribution in [0.4, 0.5) is 11.4 Å². The Kier molecular flexibility index (Phi) is 4.30. The fraction of sp³-hybridized carbons (Fsp3) is 0.600. The van der Waals surface area contributed by atoms with E-state index in [2.05, 4.69) is 17.4 Å². The molecular formula is C20H26N2O2. The zero-order valence-electron chi connectivity index (χ0n) is 14.3. The number of carbonyl (C=O) groups is 2. The first-order chi connectivity index (χ1) is 11.7. The number of aryl methyl sites for hydroxylation is 2. The van der Waals surface area contributed by atoms with Crippen LogP contribution in [-0.4, -0.2) is 18.4 Å². The summed E-state index contributed by atoms with van der Waals surface area (Å²) in [5.41, 5.74) is 4.49. The van der Waals surface area contributed by atoms with Crippen molar-refractivity contribution in [2.24, 2.45) is 5.92 Å². The number of hydrogen-bond acceptors (Lipinski definition) is 2. The van der Waals surface area contributed by atoms with Gasteiger partial charge in [0.1, 0.15) is 0 Å². The molecule has 0 radical (unpaired) electrons. The zero-order chi connectivity index (χ0) is 16.5. The third-order valence-electron chi connectivity index (χ3n) is 5.76. The SMILES string of the molecule is O=C(CC1CCCCC1)Nc1cc2c3c(c1)CCC(=O)N3CCC2. The Morgan fingerprint density at radius 1 is 1.04 bits per heavy atom. The summed E-state index contributed by atoms with van der Waals surface area (Å²) in [5, 5.41) is 3.12. The summed E-state index contributed by atoms with van der Waals surface area (Å²) in [6.07, 6.45) is 10.3. The summed E-state index contributed by atoms with van der Waals surface area (Å²) in [5.74, 6) is 0.953.